The van der Waals surface area contributed by atoms with Gasteiger partial charge in [-0.05, 0) is 45.5 Å². The Morgan fingerprint density at radius 2 is 1.75 bits per heavy atom. The van der Waals surface area contributed by atoms with E-state index in [1.54, 1.807) is 33.2 Å². The Labute approximate surface area is 185 Å². The van der Waals surface area contributed by atoms with E-state index in [4.69, 9.17) is 14.6 Å². The summed E-state index contributed by atoms with van der Waals surface area (Å²) in [5, 5.41) is 13.4. The molecule has 1 aliphatic rings. The molecule has 3 N–H and O–H groups in total. The van der Waals surface area contributed by atoms with E-state index in [0.29, 0.717) is 5.69 Å². The van der Waals surface area contributed by atoms with Crippen molar-refractivity contribution < 1.29 is 37.4 Å². The molecule has 32 heavy (non-hydrogen) atoms. The number of hydrogen-bond donors (Lipinski definition) is 3. The highest BCUT2D eigenvalue weighted by molar-refractivity contribution is 6.17. The minimum absolute atomic E-state index is 0.137. The molecule has 0 spiro atoms. The van der Waals surface area contributed by atoms with Crippen LogP contribution >= 0.6 is 0 Å². The number of hydrogen-bond acceptors (Lipinski definition) is 6. The van der Waals surface area contributed by atoms with Gasteiger partial charge in [-0.25, -0.2) is 9.69 Å². The van der Waals surface area contributed by atoms with Crippen molar-refractivity contribution in [3.8, 4) is 0 Å². The number of anilines is 1. The summed E-state index contributed by atoms with van der Waals surface area (Å²) in [6.07, 6.45) is -3.30. The van der Waals surface area contributed by atoms with Gasteiger partial charge in [-0.2, -0.15) is 13.2 Å². The molecule has 0 radical (unpaired) electrons. The van der Waals surface area contributed by atoms with Crippen LogP contribution in [0.25, 0.3) is 0 Å². The molecular formula is C21H30F3N3O5. The standard InChI is InChI=1S/C19H29N3O3.C2HF3O2/c1-13(17(25-4)16-11-8-12-21-16)18(23)22(19(24)14(2)20-3)15-9-6-5-7-10-15;3-2(4,5)1(6)7/h5-7,9-10,13-14,16-17,20-21H,8,11-12H2,1-4H3;(H,6,7)/t13-,14+,16+,17-;/m1./s1. The lowest BCUT2D eigenvalue weighted by Gasteiger charge is -2.32. The zero-order valence-corrected chi connectivity index (χ0v) is 18.5. The van der Waals surface area contributed by atoms with Gasteiger partial charge in [-0.3, -0.25) is 9.59 Å². The van der Waals surface area contributed by atoms with Crippen LogP contribution in [0.15, 0.2) is 30.3 Å². The number of alkyl halides is 3. The zero-order chi connectivity index (χ0) is 24.5. The minimum Gasteiger partial charge on any atom is -0.475 e. The fourth-order valence-electron chi connectivity index (χ4n) is 3.31. The Hall–Kier alpha value is -2.50. The normalized spacial score (nSPS) is 18.7. The van der Waals surface area contributed by atoms with Crippen molar-refractivity contribution in [3.05, 3.63) is 30.3 Å². The number of ether oxygens (including phenoxy) is 1. The SMILES string of the molecule is CN[C@@H](C)C(=O)N(C(=O)[C@H](C)[C@@H](OC)[C@@H]1CCCN1)c1ccccc1.O=C(O)C(F)(F)F. The van der Waals surface area contributed by atoms with E-state index in [9.17, 15) is 22.8 Å². The largest absolute Gasteiger partial charge is 0.490 e. The Morgan fingerprint density at radius 3 is 2.16 bits per heavy atom. The number of likely N-dealkylation sites (N-methyl/N-ethyl adjacent to an activating group) is 1. The summed E-state index contributed by atoms with van der Waals surface area (Å²) in [6.45, 7) is 4.52. The van der Waals surface area contributed by atoms with Crippen LogP contribution in [0.5, 0.6) is 0 Å². The quantitative estimate of drug-likeness (QED) is 0.571. The van der Waals surface area contributed by atoms with E-state index in [0.717, 1.165) is 19.4 Å². The fraction of sp³-hybridized carbons (Fsp3) is 0.571. The topological polar surface area (TPSA) is 108 Å². The van der Waals surface area contributed by atoms with Gasteiger partial charge in [0, 0.05) is 13.2 Å². The third-order valence-corrected chi connectivity index (χ3v) is 5.15. The molecule has 0 saturated carbocycles. The Kier molecular flexibility index (Phi) is 10.8. The third-order valence-electron chi connectivity index (χ3n) is 5.15. The van der Waals surface area contributed by atoms with E-state index < -0.39 is 24.1 Å². The number of nitrogens with zero attached hydrogens (tertiary/aromatic N) is 1. The van der Waals surface area contributed by atoms with Gasteiger partial charge in [-0.1, -0.05) is 25.1 Å². The monoisotopic (exact) mass is 461 g/mol. The molecule has 4 atom stereocenters. The van der Waals surface area contributed by atoms with Crippen LogP contribution < -0.4 is 15.5 Å². The number of imide groups is 1. The summed E-state index contributed by atoms with van der Waals surface area (Å²) in [6, 6.07) is 8.75. The van der Waals surface area contributed by atoms with Crippen molar-refractivity contribution in [2.75, 3.05) is 25.6 Å². The number of rotatable bonds is 7. The van der Waals surface area contributed by atoms with E-state index in [-0.39, 0.29) is 24.0 Å². The number of carbonyl (C=O) groups excluding carboxylic acids is 2. The zero-order valence-electron chi connectivity index (χ0n) is 18.5. The van der Waals surface area contributed by atoms with Gasteiger partial charge in [0.1, 0.15) is 0 Å². The number of amides is 2. The molecule has 180 valence electrons. The molecule has 0 unspecified atom stereocenters. The number of benzene rings is 1. The first-order valence-corrected chi connectivity index (χ1v) is 10.1. The molecule has 1 saturated heterocycles. The molecule has 0 aliphatic carbocycles. The molecule has 0 aromatic heterocycles. The van der Waals surface area contributed by atoms with E-state index >= 15 is 0 Å². The van der Waals surface area contributed by atoms with Gasteiger partial charge in [0.25, 0.3) is 5.91 Å². The van der Waals surface area contributed by atoms with Crippen LogP contribution in [0.1, 0.15) is 26.7 Å². The van der Waals surface area contributed by atoms with Crippen LogP contribution in [-0.2, 0) is 19.1 Å². The maximum absolute atomic E-state index is 13.2. The van der Waals surface area contributed by atoms with Crippen molar-refractivity contribution in [2.45, 2.75) is 51.1 Å². The second-order valence-corrected chi connectivity index (χ2v) is 7.35. The van der Waals surface area contributed by atoms with Crippen LogP contribution in [0.3, 0.4) is 0 Å². The van der Waals surface area contributed by atoms with Crippen molar-refractivity contribution in [3.63, 3.8) is 0 Å². The van der Waals surface area contributed by atoms with Gasteiger partial charge in [0.15, 0.2) is 0 Å². The number of carbonyl (C=O) groups is 3. The molecule has 1 aromatic carbocycles. The lowest BCUT2D eigenvalue weighted by Crippen LogP contribution is -2.52. The second kappa shape index (κ2) is 12.5. The van der Waals surface area contributed by atoms with Gasteiger partial charge in [0.05, 0.1) is 23.8 Å². The van der Waals surface area contributed by atoms with E-state index in [1.807, 2.05) is 25.1 Å². The number of halogens is 3. The summed E-state index contributed by atoms with van der Waals surface area (Å²) in [4.78, 5) is 36.3. The minimum atomic E-state index is -5.08. The Bertz CT molecular complexity index is 755. The first-order valence-electron chi connectivity index (χ1n) is 10.1. The number of methoxy groups -OCH3 is 1. The average molecular weight is 461 g/mol. The molecular weight excluding hydrogens is 431 g/mol. The predicted octanol–water partition coefficient (Wildman–Crippen LogP) is 2.19. The van der Waals surface area contributed by atoms with E-state index in [2.05, 4.69) is 10.6 Å². The highest BCUT2D eigenvalue weighted by Gasteiger charge is 2.39. The van der Waals surface area contributed by atoms with Crippen molar-refractivity contribution in [1.29, 1.82) is 0 Å². The third kappa shape index (κ3) is 7.57. The highest BCUT2D eigenvalue weighted by Crippen LogP contribution is 2.24. The number of aliphatic carboxylic acids is 1. The predicted molar refractivity (Wildman–Crippen MR) is 112 cm³/mol. The molecule has 8 nitrogen and oxygen atoms in total. The van der Waals surface area contributed by atoms with Crippen LogP contribution in [0.2, 0.25) is 0 Å². The van der Waals surface area contributed by atoms with Gasteiger partial charge in [-0.15, -0.1) is 0 Å². The van der Waals surface area contributed by atoms with Crippen molar-refractivity contribution in [1.82, 2.24) is 10.6 Å². The summed E-state index contributed by atoms with van der Waals surface area (Å²) < 4.78 is 37.4. The molecule has 11 heteroatoms. The number of nitrogens with one attached hydrogen (secondary N) is 2. The summed E-state index contributed by atoms with van der Waals surface area (Å²) in [5.74, 6) is -3.69. The molecule has 2 rings (SSSR count). The van der Waals surface area contributed by atoms with Crippen molar-refractivity contribution in [2.24, 2.45) is 5.92 Å². The first kappa shape index (κ1) is 27.5. The summed E-state index contributed by atoms with van der Waals surface area (Å²) in [7, 11) is 3.33. The Morgan fingerprint density at radius 1 is 1.19 bits per heavy atom. The van der Waals surface area contributed by atoms with Gasteiger partial charge < -0.3 is 20.5 Å². The number of carboxylic acids is 1. The van der Waals surface area contributed by atoms with E-state index in [1.165, 1.54) is 4.90 Å². The van der Waals surface area contributed by atoms with Crippen LogP contribution in [-0.4, -0.2) is 68.0 Å². The summed E-state index contributed by atoms with van der Waals surface area (Å²) in [5.41, 5.74) is 0.584. The average Bonchev–Trinajstić information content (AvgIpc) is 3.28. The Balaban J connectivity index is 0.000000633. The molecule has 1 aromatic rings. The summed E-state index contributed by atoms with van der Waals surface area (Å²) >= 11 is 0. The molecule has 1 fully saturated rings. The fourth-order valence-corrected chi connectivity index (χ4v) is 3.31. The molecule has 1 aliphatic heterocycles. The highest BCUT2D eigenvalue weighted by atomic mass is 19.4. The number of para-hydroxylation sites is 1. The number of carboxylic acid groups (broad SMARTS) is 1. The molecule has 1 heterocycles. The second-order valence-electron chi connectivity index (χ2n) is 7.35. The van der Waals surface area contributed by atoms with Crippen LogP contribution in [0, 0.1) is 5.92 Å². The lowest BCUT2D eigenvalue weighted by molar-refractivity contribution is -0.192. The molecule has 2 amide bonds. The molecule has 0 bridgehead atoms. The first-order chi connectivity index (χ1) is 14.9. The maximum atomic E-state index is 13.2. The van der Waals surface area contributed by atoms with Gasteiger partial charge in [0.2, 0.25) is 5.91 Å². The van der Waals surface area contributed by atoms with Gasteiger partial charge >= 0.3 is 12.1 Å². The van der Waals surface area contributed by atoms with Crippen LogP contribution in [0.4, 0.5) is 18.9 Å². The van der Waals surface area contributed by atoms with Crippen molar-refractivity contribution >= 4 is 23.5 Å². The lowest BCUT2D eigenvalue weighted by atomic mass is 9.94. The smallest absolute Gasteiger partial charge is 0.475 e. The maximum Gasteiger partial charge on any atom is 0.490 e.